The van der Waals surface area contributed by atoms with Crippen molar-refractivity contribution in [3.05, 3.63) is 23.8 Å². The van der Waals surface area contributed by atoms with Crippen LogP contribution >= 0.6 is 0 Å². The Balaban J connectivity index is 3.77. The molecular weight excluding hydrogens is 152 g/mol. The molecule has 0 N–H and O–H groups in total. The van der Waals surface area contributed by atoms with Gasteiger partial charge in [-0.3, -0.25) is 0 Å². The lowest BCUT2D eigenvalue weighted by atomic mass is 10.1. The summed E-state index contributed by atoms with van der Waals surface area (Å²) in [6, 6.07) is 0. The topological polar surface area (TPSA) is 26.3 Å². The van der Waals surface area contributed by atoms with Gasteiger partial charge in [0.05, 0.1) is 7.11 Å². The molecule has 0 aromatic heterocycles. The van der Waals surface area contributed by atoms with E-state index in [4.69, 9.17) is 0 Å². The van der Waals surface area contributed by atoms with E-state index < -0.39 is 0 Å². The summed E-state index contributed by atoms with van der Waals surface area (Å²) in [5, 5.41) is 0. The van der Waals surface area contributed by atoms with Crippen LogP contribution in [0.5, 0.6) is 0 Å². The molecule has 0 rings (SSSR count). The summed E-state index contributed by atoms with van der Waals surface area (Å²) in [6.07, 6.45) is 7.51. The standard InChI is InChI=1S/C10H16O2/c1-4-5-6-7-9(2)8-10(11)12-3/h4-5,8H,6-7H2,1-3H3/b5-4+,9-8+. The zero-order chi connectivity index (χ0) is 9.40. The predicted molar refractivity (Wildman–Crippen MR) is 49.8 cm³/mol. The number of hydrogen-bond donors (Lipinski definition) is 0. The molecule has 12 heavy (non-hydrogen) atoms. The summed E-state index contributed by atoms with van der Waals surface area (Å²) < 4.78 is 4.49. The van der Waals surface area contributed by atoms with Crippen LogP contribution in [0.2, 0.25) is 0 Å². The van der Waals surface area contributed by atoms with Crippen molar-refractivity contribution in [2.45, 2.75) is 26.7 Å². The van der Waals surface area contributed by atoms with Gasteiger partial charge in [0, 0.05) is 6.08 Å². The summed E-state index contributed by atoms with van der Waals surface area (Å²) in [5.74, 6) is -0.270. The molecule has 2 heteroatoms. The average molecular weight is 168 g/mol. The van der Waals surface area contributed by atoms with Crippen molar-refractivity contribution < 1.29 is 9.53 Å². The first-order chi connectivity index (χ1) is 5.70. The first-order valence-electron chi connectivity index (χ1n) is 4.07. The quantitative estimate of drug-likeness (QED) is 0.366. The van der Waals surface area contributed by atoms with Gasteiger partial charge in [-0.15, -0.1) is 0 Å². The second kappa shape index (κ2) is 6.65. The van der Waals surface area contributed by atoms with E-state index in [1.165, 1.54) is 13.2 Å². The van der Waals surface area contributed by atoms with Crippen molar-refractivity contribution >= 4 is 5.97 Å². The highest BCUT2D eigenvalue weighted by molar-refractivity contribution is 5.82. The van der Waals surface area contributed by atoms with E-state index in [9.17, 15) is 4.79 Å². The maximum Gasteiger partial charge on any atom is 0.330 e. The molecule has 0 bridgehead atoms. The molecule has 2 nitrogen and oxygen atoms in total. The lowest BCUT2D eigenvalue weighted by Gasteiger charge is -1.96. The second-order valence-electron chi connectivity index (χ2n) is 2.62. The Hall–Kier alpha value is -1.05. The third kappa shape index (κ3) is 5.71. The molecule has 0 radical (unpaired) electrons. The largest absolute Gasteiger partial charge is 0.466 e. The van der Waals surface area contributed by atoms with E-state index in [0.29, 0.717) is 0 Å². The van der Waals surface area contributed by atoms with Crippen molar-refractivity contribution in [3.63, 3.8) is 0 Å². The highest BCUT2D eigenvalue weighted by Gasteiger charge is 1.94. The molecule has 0 aliphatic carbocycles. The van der Waals surface area contributed by atoms with Gasteiger partial charge in [0.1, 0.15) is 0 Å². The number of carbonyl (C=O) groups excluding carboxylic acids is 1. The molecule has 68 valence electrons. The second-order valence-corrected chi connectivity index (χ2v) is 2.62. The third-order valence-corrected chi connectivity index (χ3v) is 1.51. The van der Waals surface area contributed by atoms with Gasteiger partial charge in [-0.05, 0) is 26.7 Å². The van der Waals surface area contributed by atoms with E-state index in [2.05, 4.69) is 10.8 Å². The molecule has 0 amide bonds. The van der Waals surface area contributed by atoms with Crippen LogP contribution in [0.15, 0.2) is 23.8 Å². The minimum Gasteiger partial charge on any atom is -0.466 e. The number of carbonyl (C=O) groups is 1. The number of methoxy groups -OCH3 is 1. The number of ether oxygens (including phenoxy) is 1. The van der Waals surface area contributed by atoms with E-state index >= 15 is 0 Å². The van der Waals surface area contributed by atoms with Crippen molar-refractivity contribution in [2.24, 2.45) is 0 Å². The summed E-state index contributed by atoms with van der Waals surface area (Å²) in [7, 11) is 1.39. The van der Waals surface area contributed by atoms with Gasteiger partial charge in [-0.2, -0.15) is 0 Å². The lowest BCUT2D eigenvalue weighted by Crippen LogP contribution is -1.95. The minimum absolute atomic E-state index is 0.270. The van der Waals surface area contributed by atoms with Crippen LogP contribution in [0.1, 0.15) is 26.7 Å². The number of rotatable bonds is 4. The number of allylic oxidation sites excluding steroid dienone is 3. The normalized spacial score (nSPS) is 12.1. The molecule has 0 saturated heterocycles. The van der Waals surface area contributed by atoms with Crippen LogP contribution in [0, 0.1) is 0 Å². The summed E-state index contributed by atoms with van der Waals surface area (Å²) in [4.78, 5) is 10.7. The first kappa shape index (κ1) is 11.0. The Morgan fingerprint density at radius 2 is 2.17 bits per heavy atom. The Morgan fingerprint density at radius 1 is 1.50 bits per heavy atom. The van der Waals surface area contributed by atoms with Crippen molar-refractivity contribution in [1.29, 1.82) is 0 Å². The maximum atomic E-state index is 10.7. The third-order valence-electron chi connectivity index (χ3n) is 1.51. The smallest absolute Gasteiger partial charge is 0.330 e. The van der Waals surface area contributed by atoms with Crippen LogP contribution < -0.4 is 0 Å². The van der Waals surface area contributed by atoms with E-state index in [1.54, 1.807) is 0 Å². The number of hydrogen-bond acceptors (Lipinski definition) is 2. The van der Waals surface area contributed by atoms with Crippen LogP contribution in [-0.4, -0.2) is 13.1 Å². The highest BCUT2D eigenvalue weighted by atomic mass is 16.5. The van der Waals surface area contributed by atoms with Gasteiger partial charge in [-0.25, -0.2) is 4.79 Å². The van der Waals surface area contributed by atoms with Crippen molar-refractivity contribution in [1.82, 2.24) is 0 Å². The lowest BCUT2D eigenvalue weighted by molar-refractivity contribution is -0.134. The molecule has 0 aromatic rings. The zero-order valence-corrected chi connectivity index (χ0v) is 7.96. The monoisotopic (exact) mass is 168 g/mol. The Labute approximate surface area is 73.9 Å². The Morgan fingerprint density at radius 3 is 2.67 bits per heavy atom. The van der Waals surface area contributed by atoms with Crippen LogP contribution in [0.3, 0.4) is 0 Å². The molecule has 0 aliphatic heterocycles. The fourth-order valence-electron chi connectivity index (χ4n) is 0.810. The molecule has 0 atom stereocenters. The molecule has 0 saturated carbocycles. The van der Waals surface area contributed by atoms with E-state index in [0.717, 1.165) is 18.4 Å². The fraction of sp³-hybridized carbons (Fsp3) is 0.500. The van der Waals surface area contributed by atoms with Gasteiger partial charge in [-0.1, -0.05) is 17.7 Å². The molecule has 0 aromatic carbocycles. The predicted octanol–water partition coefficient (Wildman–Crippen LogP) is 2.46. The summed E-state index contributed by atoms with van der Waals surface area (Å²) in [5.41, 5.74) is 1.06. The molecule has 0 heterocycles. The summed E-state index contributed by atoms with van der Waals surface area (Å²) >= 11 is 0. The maximum absolute atomic E-state index is 10.7. The molecule has 0 aliphatic rings. The molecule has 0 spiro atoms. The van der Waals surface area contributed by atoms with Crippen LogP contribution in [0.4, 0.5) is 0 Å². The van der Waals surface area contributed by atoms with Crippen LogP contribution in [-0.2, 0) is 9.53 Å². The first-order valence-corrected chi connectivity index (χ1v) is 4.07. The van der Waals surface area contributed by atoms with Gasteiger partial charge in [0.25, 0.3) is 0 Å². The Bertz CT molecular complexity index is 190. The average Bonchev–Trinajstić information content (AvgIpc) is 2.05. The van der Waals surface area contributed by atoms with E-state index in [1.807, 2.05) is 19.9 Å². The van der Waals surface area contributed by atoms with E-state index in [-0.39, 0.29) is 5.97 Å². The van der Waals surface area contributed by atoms with Crippen molar-refractivity contribution in [3.8, 4) is 0 Å². The van der Waals surface area contributed by atoms with Gasteiger partial charge in [0.15, 0.2) is 0 Å². The minimum atomic E-state index is -0.270. The summed E-state index contributed by atoms with van der Waals surface area (Å²) in [6.45, 7) is 3.92. The zero-order valence-electron chi connectivity index (χ0n) is 7.96. The Kier molecular flexibility index (Phi) is 6.07. The van der Waals surface area contributed by atoms with Crippen molar-refractivity contribution in [2.75, 3.05) is 7.11 Å². The molecule has 0 fully saturated rings. The molecule has 0 unspecified atom stereocenters. The molecular formula is C10H16O2. The number of esters is 1. The van der Waals surface area contributed by atoms with Gasteiger partial charge < -0.3 is 4.74 Å². The highest BCUT2D eigenvalue weighted by Crippen LogP contribution is 2.04. The van der Waals surface area contributed by atoms with Crippen LogP contribution in [0.25, 0.3) is 0 Å². The fourth-order valence-corrected chi connectivity index (χ4v) is 0.810. The SMILES string of the molecule is C/C=C/CC/C(C)=C/C(=O)OC. The van der Waals surface area contributed by atoms with Gasteiger partial charge >= 0.3 is 5.97 Å². The van der Waals surface area contributed by atoms with Gasteiger partial charge in [0.2, 0.25) is 0 Å².